The summed E-state index contributed by atoms with van der Waals surface area (Å²) in [5, 5.41) is 2.29. The predicted octanol–water partition coefficient (Wildman–Crippen LogP) is 4.18. The van der Waals surface area contributed by atoms with Crippen molar-refractivity contribution in [3.63, 3.8) is 0 Å². The van der Waals surface area contributed by atoms with Gasteiger partial charge in [0.15, 0.2) is 0 Å². The first-order chi connectivity index (χ1) is 11.7. The van der Waals surface area contributed by atoms with E-state index in [0.717, 1.165) is 12.7 Å². The minimum absolute atomic E-state index is 0.0281. The van der Waals surface area contributed by atoms with Crippen LogP contribution in [0.25, 0.3) is 0 Å². The summed E-state index contributed by atoms with van der Waals surface area (Å²) in [5.74, 6) is 0.0776. The smallest absolute Gasteiger partial charge is 0.306 e. The SMILES string of the molecule is CC[C@@H](C)N(Cc1cc(Cl)ccc1OS(C)(=O)=O)C(=O)c1cccs1. The van der Waals surface area contributed by atoms with Crippen LogP contribution in [-0.4, -0.2) is 31.5 Å². The summed E-state index contributed by atoms with van der Waals surface area (Å²) in [6.07, 6.45) is 1.74. The van der Waals surface area contributed by atoms with Crippen molar-refractivity contribution in [1.29, 1.82) is 0 Å². The zero-order valence-corrected chi connectivity index (χ0v) is 16.6. The second-order valence-corrected chi connectivity index (χ2v) is 8.67. The minimum Gasteiger partial charge on any atom is -0.382 e. The van der Waals surface area contributed by atoms with Gasteiger partial charge in [0, 0.05) is 16.6 Å². The lowest BCUT2D eigenvalue weighted by molar-refractivity contribution is 0.0676. The maximum absolute atomic E-state index is 12.8. The molecule has 1 heterocycles. The van der Waals surface area contributed by atoms with Gasteiger partial charge in [-0.2, -0.15) is 8.42 Å². The molecular formula is C17H20ClNO4S2. The molecule has 0 bridgehead atoms. The van der Waals surface area contributed by atoms with Gasteiger partial charge in [0.1, 0.15) is 5.75 Å². The normalized spacial score (nSPS) is 12.6. The van der Waals surface area contributed by atoms with E-state index in [0.29, 0.717) is 15.5 Å². The van der Waals surface area contributed by atoms with Crippen LogP contribution in [0.5, 0.6) is 5.75 Å². The predicted molar refractivity (Wildman–Crippen MR) is 101 cm³/mol. The van der Waals surface area contributed by atoms with Crippen LogP contribution in [0.1, 0.15) is 35.5 Å². The number of nitrogens with zero attached hydrogens (tertiary/aromatic N) is 1. The molecular weight excluding hydrogens is 382 g/mol. The molecule has 2 aromatic rings. The van der Waals surface area contributed by atoms with E-state index in [-0.39, 0.29) is 24.2 Å². The van der Waals surface area contributed by atoms with Crippen LogP contribution < -0.4 is 4.18 Å². The molecule has 0 radical (unpaired) electrons. The lowest BCUT2D eigenvalue weighted by Crippen LogP contribution is -2.37. The zero-order valence-electron chi connectivity index (χ0n) is 14.2. The third-order valence-corrected chi connectivity index (χ3v) is 5.30. The Hall–Kier alpha value is -1.57. The van der Waals surface area contributed by atoms with Gasteiger partial charge < -0.3 is 9.08 Å². The molecule has 1 amide bonds. The average molecular weight is 402 g/mol. The Morgan fingerprint density at radius 1 is 1.36 bits per heavy atom. The third-order valence-electron chi connectivity index (χ3n) is 3.72. The highest BCUT2D eigenvalue weighted by Gasteiger charge is 2.23. The minimum atomic E-state index is -3.68. The second-order valence-electron chi connectivity index (χ2n) is 5.71. The first-order valence-electron chi connectivity index (χ1n) is 7.73. The largest absolute Gasteiger partial charge is 0.382 e. The summed E-state index contributed by atoms with van der Waals surface area (Å²) in [4.78, 5) is 15.2. The first kappa shape index (κ1) is 19.8. The summed E-state index contributed by atoms with van der Waals surface area (Å²) < 4.78 is 28.1. The van der Waals surface area contributed by atoms with Gasteiger partial charge in [0.25, 0.3) is 5.91 Å². The molecule has 0 saturated carbocycles. The Morgan fingerprint density at radius 2 is 2.08 bits per heavy atom. The molecule has 0 fully saturated rings. The van der Waals surface area contributed by atoms with Crippen LogP contribution in [0.3, 0.4) is 0 Å². The van der Waals surface area contributed by atoms with Crippen molar-refractivity contribution in [3.8, 4) is 5.75 Å². The number of thiophene rings is 1. The van der Waals surface area contributed by atoms with Gasteiger partial charge in [-0.1, -0.05) is 24.6 Å². The molecule has 1 atom stereocenters. The topological polar surface area (TPSA) is 63.7 Å². The summed E-state index contributed by atoms with van der Waals surface area (Å²) in [6.45, 7) is 4.15. The van der Waals surface area contributed by atoms with Crippen LogP contribution >= 0.6 is 22.9 Å². The number of halogens is 1. The van der Waals surface area contributed by atoms with Crippen molar-refractivity contribution in [1.82, 2.24) is 4.90 Å². The Bertz CT molecular complexity index is 834. The van der Waals surface area contributed by atoms with E-state index in [1.54, 1.807) is 23.1 Å². The lowest BCUT2D eigenvalue weighted by atomic mass is 10.1. The van der Waals surface area contributed by atoms with Gasteiger partial charge in [-0.05, 0) is 43.0 Å². The maximum atomic E-state index is 12.8. The van der Waals surface area contributed by atoms with Gasteiger partial charge >= 0.3 is 10.1 Å². The molecule has 25 heavy (non-hydrogen) atoms. The quantitative estimate of drug-likeness (QED) is 0.653. The molecule has 8 heteroatoms. The Labute approximate surface area is 157 Å². The van der Waals surface area contributed by atoms with E-state index in [2.05, 4.69) is 0 Å². The van der Waals surface area contributed by atoms with Crippen LogP contribution in [0.15, 0.2) is 35.7 Å². The molecule has 136 valence electrons. The fourth-order valence-corrected chi connectivity index (χ4v) is 3.65. The monoisotopic (exact) mass is 401 g/mol. The molecule has 5 nitrogen and oxygen atoms in total. The maximum Gasteiger partial charge on any atom is 0.306 e. The third kappa shape index (κ3) is 5.45. The Morgan fingerprint density at radius 3 is 2.64 bits per heavy atom. The molecule has 0 unspecified atom stereocenters. The Kier molecular flexibility index (Phi) is 6.48. The summed E-state index contributed by atoms with van der Waals surface area (Å²) in [7, 11) is -3.68. The van der Waals surface area contributed by atoms with E-state index in [1.165, 1.54) is 17.4 Å². The van der Waals surface area contributed by atoms with Gasteiger partial charge in [0.2, 0.25) is 0 Å². The second kappa shape index (κ2) is 8.21. The highest BCUT2D eigenvalue weighted by molar-refractivity contribution is 7.86. The van der Waals surface area contributed by atoms with Crippen LogP contribution in [0.4, 0.5) is 0 Å². The van der Waals surface area contributed by atoms with E-state index in [9.17, 15) is 13.2 Å². The first-order valence-corrected chi connectivity index (χ1v) is 10.8. The lowest BCUT2D eigenvalue weighted by Gasteiger charge is -2.29. The van der Waals surface area contributed by atoms with Crippen LogP contribution in [0, 0.1) is 0 Å². The van der Waals surface area contributed by atoms with Gasteiger partial charge in [0.05, 0.1) is 17.7 Å². The van der Waals surface area contributed by atoms with Crippen LogP contribution in [-0.2, 0) is 16.7 Å². The molecule has 2 rings (SSSR count). The molecule has 0 aliphatic carbocycles. The number of hydrogen-bond donors (Lipinski definition) is 0. The van der Waals surface area contributed by atoms with Gasteiger partial charge in [-0.15, -0.1) is 11.3 Å². The molecule has 1 aromatic heterocycles. The standard InChI is InChI=1S/C17H20ClNO4S2/c1-4-12(2)19(17(20)16-6-5-9-24-16)11-13-10-14(18)7-8-15(13)23-25(3,21)22/h5-10,12H,4,11H2,1-3H3/t12-/m1/s1. The molecule has 0 saturated heterocycles. The van der Waals surface area contributed by atoms with Gasteiger partial charge in [-0.25, -0.2) is 0 Å². The summed E-state index contributed by atoms with van der Waals surface area (Å²) >= 11 is 7.43. The van der Waals surface area contributed by atoms with Crippen molar-refractivity contribution >= 4 is 39.0 Å². The highest BCUT2D eigenvalue weighted by atomic mass is 35.5. The average Bonchev–Trinajstić information content (AvgIpc) is 3.07. The number of benzene rings is 1. The fourth-order valence-electron chi connectivity index (χ4n) is 2.29. The number of rotatable bonds is 7. The zero-order chi connectivity index (χ0) is 18.6. The number of carbonyl (C=O) groups excluding carboxylic acids is 1. The van der Waals surface area contributed by atoms with Crippen molar-refractivity contribution in [2.75, 3.05) is 6.26 Å². The highest BCUT2D eigenvalue weighted by Crippen LogP contribution is 2.27. The van der Waals surface area contributed by atoms with E-state index < -0.39 is 10.1 Å². The van der Waals surface area contributed by atoms with Crippen LogP contribution in [0.2, 0.25) is 5.02 Å². The van der Waals surface area contributed by atoms with E-state index in [4.69, 9.17) is 15.8 Å². The number of carbonyl (C=O) groups is 1. The fraction of sp³-hybridized carbons (Fsp3) is 0.353. The molecule has 0 aliphatic rings. The van der Waals surface area contributed by atoms with Crippen molar-refractivity contribution in [2.24, 2.45) is 0 Å². The van der Waals surface area contributed by atoms with Crippen molar-refractivity contribution in [2.45, 2.75) is 32.9 Å². The van der Waals surface area contributed by atoms with Crippen molar-refractivity contribution in [3.05, 3.63) is 51.2 Å². The molecule has 0 spiro atoms. The van der Waals surface area contributed by atoms with Crippen molar-refractivity contribution < 1.29 is 17.4 Å². The summed E-state index contributed by atoms with van der Waals surface area (Å²) in [5.41, 5.74) is 0.545. The van der Waals surface area contributed by atoms with Gasteiger partial charge in [-0.3, -0.25) is 4.79 Å². The molecule has 0 N–H and O–H groups in total. The summed E-state index contributed by atoms with van der Waals surface area (Å²) in [6, 6.07) is 8.25. The van der Waals surface area contributed by atoms with E-state index in [1.807, 2.05) is 25.3 Å². The number of amides is 1. The Balaban J connectivity index is 2.38. The van der Waals surface area contributed by atoms with E-state index >= 15 is 0 Å². The number of hydrogen-bond acceptors (Lipinski definition) is 5. The molecule has 0 aliphatic heterocycles. The molecule has 1 aromatic carbocycles.